The Hall–Kier alpha value is -3.12. The number of ether oxygens (including phenoxy) is 1. The number of fused-ring (bicyclic) bond motifs is 1. The first-order chi connectivity index (χ1) is 16.4. The van der Waals surface area contributed by atoms with E-state index in [1.807, 2.05) is 31.2 Å². The fraction of sp³-hybridized carbons (Fsp3) is 0.429. The number of nitrogens with zero attached hydrogens (tertiary/aromatic N) is 3. The van der Waals surface area contributed by atoms with Gasteiger partial charge in [-0.2, -0.15) is 4.68 Å². The van der Waals surface area contributed by atoms with Gasteiger partial charge >= 0.3 is 11.4 Å². The molecule has 6 heteroatoms. The van der Waals surface area contributed by atoms with Crippen LogP contribution < -0.4 is 11.4 Å². The molecule has 2 aromatic carbocycles. The summed E-state index contributed by atoms with van der Waals surface area (Å²) in [6.45, 7) is 8.87. The van der Waals surface area contributed by atoms with Crippen LogP contribution in [0.5, 0.6) is 0 Å². The molecule has 3 atom stereocenters. The SMILES string of the molecule is CC1=CCn2c(=O)n(-c3ccccc3)c(=O)n2[C@H]1O[C@H]1CCCC[C@@H]1c1c(C)cc(C)cc1C. The van der Waals surface area contributed by atoms with Crippen molar-refractivity contribution in [1.29, 1.82) is 0 Å². The molecule has 178 valence electrons. The zero-order valence-corrected chi connectivity index (χ0v) is 20.5. The smallest absolute Gasteiger partial charge is 0.349 e. The number of hydrogen-bond donors (Lipinski definition) is 0. The molecular formula is C28H33N3O3. The molecule has 1 aliphatic carbocycles. The summed E-state index contributed by atoms with van der Waals surface area (Å²) in [7, 11) is 0. The summed E-state index contributed by atoms with van der Waals surface area (Å²) in [5, 5.41) is 0. The first-order valence-corrected chi connectivity index (χ1v) is 12.3. The van der Waals surface area contributed by atoms with E-state index < -0.39 is 6.23 Å². The summed E-state index contributed by atoms with van der Waals surface area (Å²) in [6.07, 6.45) is 5.68. The van der Waals surface area contributed by atoms with E-state index in [1.54, 1.807) is 12.1 Å². The molecular weight excluding hydrogens is 426 g/mol. The van der Waals surface area contributed by atoms with Gasteiger partial charge in [0, 0.05) is 5.92 Å². The summed E-state index contributed by atoms with van der Waals surface area (Å²) in [5.41, 5.74) is 6.10. The van der Waals surface area contributed by atoms with Gasteiger partial charge in [0.05, 0.1) is 18.3 Å². The van der Waals surface area contributed by atoms with Crippen molar-refractivity contribution in [1.82, 2.24) is 13.9 Å². The Kier molecular flexibility index (Phi) is 5.94. The van der Waals surface area contributed by atoms with Crippen molar-refractivity contribution in [2.45, 2.75) is 78.2 Å². The number of allylic oxidation sites excluding steroid dienone is 1. The molecule has 0 amide bonds. The van der Waals surface area contributed by atoms with Gasteiger partial charge in [-0.3, -0.25) is 0 Å². The van der Waals surface area contributed by atoms with Gasteiger partial charge < -0.3 is 4.74 Å². The van der Waals surface area contributed by atoms with Crippen molar-refractivity contribution in [3.8, 4) is 5.69 Å². The predicted molar refractivity (Wildman–Crippen MR) is 134 cm³/mol. The molecule has 0 N–H and O–H groups in total. The first kappa shape index (κ1) is 22.7. The normalized spacial score (nSPS) is 22.4. The number of aromatic nitrogens is 3. The van der Waals surface area contributed by atoms with E-state index in [0.29, 0.717) is 12.2 Å². The highest BCUT2D eigenvalue weighted by Crippen LogP contribution is 2.40. The minimum absolute atomic E-state index is 0.0177. The van der Waals surface area contributed by atoms with Crippen LogP contribution in [-0.4, -0.2) is 20.0 Å². The molecule has 1 aromatic heterocycles. The summed E-state index contributed by atoms with van der Waals surface area (Å²) in [5.74, 6) is 0.274. The second-order valence-electron chi connectivity index (χ2n) is 9.84. The molecule has 2 aliphatic rings. The van der Waals surface area contributed by atoms with Crippen LogP contribution in [0.3, 0.4) is 0 Å². The van der Waals surface area contributed by atoms with Gasteiger partial charge in [-0.1, -0.05) is 54.8 Å². The third-order valence-corrected chi connectivity index (χ3v) is 7.39. The van der Waals surface area contributed by atoms with Crippen molar-refractivity contribution in [2.75, 3.05) is 0 Å². The Morgan fingerprint density at radius 2 is 1.56 bits per heavy atom. The second kappa shape index (κ2) is 8.91. The van der Waals surface area contributed by atoms with Crippen molar-refractivity contribution >= 4 is 0 Å². The topological polar surface area (TPSA) is 58.2 Å². The lowest BCUT2D eigenvalue weighted by molar-refractivity contribution is -0.0735. The van der Waals surface area contributed by atoms with E-state index in [9.17, 15) is 9.59 Å². The van der Waals surface area contributed by atoms with Crippen molar-refractivity contribution < 1.29 is 4.74 Å². The highest BCUT2D eigenvalue weighted by molar-refractivity contribution is 5.41. The van der Waals surface area contributed by atoms with E-state index in [1.165, 1.54) is 42.6 Å². The Balaban J connectivity index is 1.55. The highest BCUT2D eigenvalue weighted by Gasteiger charge is 2.35. The van der Waals surface area contributed by atoms with Crippen LogP contribution in [0.4, 0.5) is 0 Å². The molecule has 3 aromatic rings. The standard InChI is InChI=1S/C28H33N3O3/c1-18-16-20(3)25(21(4)17-18)23-12-8-9-13-24(23)34-26-19(2)14-15-29-27(32)30(28(33)31(26)29)22-10-6-5-7-11-22/h5-7,10-11,14,16-17,23-24,26H,8-9,12-13,15H2,1-4H3/t23-,24-,26-/m0/s1. The van der Waals surface area contributed by atoms with Gasteiger partial charge in [-0.15, -0.1) is 0 Å². The molecule has 0 spiro atoms. The van der Waals surface area contributed by atoms with Gasteiger partial charge in [0.15, 0.2) is 6.23 Å². The maximum atomic E-state index is 13.5. The van der Waals surface area contributed by atoms with Crippen LogP contribution in [0.25, 0.3) is 5.69 Å². The summed E-state index contributed by atoms with van der Waals surface area (Å²) in [6, 6.07) is 13.6. The van der Waals surface area contributed by atoms with Crippen molar-refractivity contribution in [2.24, 2.45) is 0 Å². The molecule has 5 rings (SSSR count). The van der Waals surface area contributed by atoms with Crippen molar-refractivity contribution in [3.63, 3.8) is 0 Å². The minimum atomic E-state index is -0.587. The Morgan fingerprint density at radius 1 is 0.882 bits per heavy atom. The quantitative estimate of drug-likeness (QED) is 0.520. The lowest BCUT2D eigenvalue weighted by Gasteiger charge is -2.37. The zero-order chi connectivity index (χ0) is 24.0. The van der Waals surface area contributed by atoms with E-state index >= 15 is 0 Å². The molecule has 2 heterocycles. The number of benzene rings is 2. The number of hydrogen-bond acceptors (Lipinski definition) is 3. The van der Waals surface area contributed by atoms with Crippen LogP contribution in [0, 0.1) is 20.8 Å². The van der Waals surface area contributed by atoms with Crippen molar-refractivity contribution in [3.05, 3.63) is 97.3 Å². The van der Waals surface area contributed by atoms with E-state index in [0.717, 1.165) is 24.8 Å². The second-order valence-corrected chi connectivity index (χ2v) is 9.84. The fourth-order valence-electron chi connectivity index (χ4n) is 5.91. The molecule has 34 heavy (non-hydrogen) atoms. The molecule has 1 fully saturated rings. The minimum Gasteiger partial charge on any atom is -0.349 e. The molecule has 0 saturated heterocycles. The van der Waals surface area contributed by atoms with Crippen LogP contribution in [0.15, 0.2) is 63.7 Å². The van der Waals surface area contributed by atoms with E-state index in [-0.39, 0.29) is 23.4 Å². The Morgan fingerprint density at radius 3 is 2.26 bits per heavy atom. The summed E-state index contributed by atoms with van der Waals surface area (Å²) >= 11 is 0. The number of aryl methyl sites for hydroxylation is 3. The number of para-hydroxylation sites is 1. The molecule has 1 saturated carbocycles. The van der Waals surface area contributed by atoms with Crippen LogP contribution in [0.2, 0.25) is 0 Å². The zero-order valence-electron chi connectivity index (χ0n) is 20.5. The van der Waals surface area contributed by atoms with E-state index in [2.05, 4.69) is 32.9 Å². The molecule has 0 bridgehead atoms. The van der Waals surface area contributed by atoms with Crippen LogP contribution in [-0.2, 0) is 11.3 Å². The first-order valence-electron chi connectivity index (χ1n) is 12.3. The van der Waals surface area contributed by atoms with Crippen LogP contribution in [0.1, 0.15) is 67.0 Å². The molecule has 6 nitrogen and oxygen atoms in total. The summed E-state index contributed by atoms with van der Waals surface area (Å²) in [4.78, 5) is 26.7. The molecule has 1 aliphatic heterocycles. The van der Waals surface area contributed by atoms with Gasteiger partial charge in [0.25, 0.3) is 0 Å². The maximum absolute atomic E-state index is 13.5. The Bertz CT molecular complexity index is 1340. The van der Waals surface area contributed by atoms with Crippen LogP contribution >= 0.6 is 0 Å². The van der Waals surface area contributed by atoms with Gasteiger partial charge in [0.1, 0.15) is 0 Å². The number of rotatable bonds is 4. The maximum Gasteiger partial charge on any atom is 0.354 e. The lowest BCUT2D eigenvalue weighted by Crippen LogP contribution is -2.39. The van der Waals surface area contributed by atoms with Gasteiger partial charge in [0.2, 0.25) is 0 Å². The van der Waals surface area contributed by atoms with E-state index in [4.69, 9.17) is 4.74 Å². The molecule has 0 unspecified atom stereocenters. The average molecular weight is 460 g/mol. The Labute approximate surface area is 200 Å². The predicted octanol–water partition coefficient (Wildman–Crippen LogP) is 4.93. The summed E-state index contributed by atoms with van der Waals surface area (Å²) < 4.78 is 11.1. The molecule has 0 radical (unpaired) electrons. The average Bonchev–Trinajstić information content (AvgIpc) is 3.06. The fourth-order valence-corrected chi connectivity index (χ4v) is 5.91. The highest BCUT2D eigenvalue weighted by atomic mass is 16.5. The largest absolute Gasteiger partial charge is 0.354 e. The lowest BCUT2D eigenvalue weighted by atomic mass is 9.78. The van der Waals surface area contributed by atoms with Gasteiger partial charge in [-0.05, 0) is 74.9 Å². The third kappa shape index (κ3) is 3.80. The monoisotopic (exact) mass is 459 g/mol. The third-order valence-electron chi connectivity index (χ3n) is 7.39. The van der Waals surface area contributed by atoms with Gasteiger partial charge in [-0.25, -0.2) is 18.8 Å².